The molecule has 0 saturated heterocycles. The molecule has 0 aliphatic carbocycles. The third kappa shape index (κ3) is 7.58. The standard InChI is InChI=1S/C8H10.CH3Cl.CH5N/c1-2-8-6-4-3-5-7-8;2*1-2/h3-7H,2H2,1H3;1H3;2H2,1H3. The van der Waals surface area contributed by atoms with Crippen molar-refractivity contribution in [2.75, 3.05) is 13.4 Å². The van der Waals surface area contributed by atoms with Crippen LogP contribution in [0.4, 0.5) is 0 Å². The lowest BCUT2D eigenvalue weighted by atomic mass is 10.2. The van der Waals surface area contributed by atoms with Crippen LogP contribution in [0.5, 0.6) is 0 Å². The van der Waals surface area contributed by atoms with Gasteiger partial charge < -0.3 is 5.73 Å². The Morgan fingerprint density at radius 2 is 1.50 bits per heavy atom. The van der Waals surface area contributed by atoms with Gasteiger partial charge in [-0.15, -0.1) is 11.6 Å². The summed E-state index contributed by atoms with van der Waals surface area (Å²) in [6.45, 7) is 2.16. The number of nitrogens with two attached hydrogens (primary N) is 1. The second-order valence-electron chi connectivity index (χ2n) is 1.84. The van der Waals surface area contributed by atoms with Crippen molar-refractivity contribution in [3.63, 3.8) is 0 Å². The van der Waals surface area contributed by atoms with Gasteiger partial charge in [0.25, 0.3) is 0 Å². The number of aryl methyl sites for hydroxylation is 1. The average molecular weight is 188 g/mol. The van der Waals surface area contributed by atoms with Gasteiger partial charge >= 0.3 is 0 Å². The molecule has 1 aromatic carbocycles. The molecule has 0 aromatic heterocycles. The van der Waals surface area contributed by atoms with Gasteiger partial charge in [-0.05, 0) is 19.0 Å². The van der Waals surface area contributed by atoms with E-state index in [0.717, 1.165) is 6.42 Å². The van der Waals surface area contributed by atoms with Crippen LogP contribution in [0.15, 0.2) is 30.3 Å². The van der Waals surface area contributed by atoms with Gasteiger partial charge in [0.1, 0.15) is 0 Å². The van der Waals surface area contributed by atoms with Crippen LogP contribution in [0.1, 0.15) is 12.5 Å². The molecule has 0 radical (unpaired) electrons. The summed E-state index contributed by atoms with van der Waals surface area (Å²) in [7, 11) is 1.50. The molecule has 2 N–H and O–H groups in total. The zero-order valence-electron chi connectivity index (χ0n) is 8.05. The lowest BCUT2D eigenvalue weighted by molar-refractivity contribution is 1.14. The first-order chi connectivity index (χ1) is 5.93. The highest BCUT2D eigenvalue weighted by Crippen LogP contribution is 1.96. The van der Waals surface area contributed by atoms with E-state index in [1.54, 1.807) is 0 Å². The van der Waals surface area contributed by atoms with E-state index in [-0.39, 0.29) is 0 Å². The summed E-state index contributed by atoms with van der Waals surface area (Å²) in [4.78, 5) is 0. The van der Waals surface area contributed by atoms with E-state index in [0.29, 0.717) is 0 Å². The van der Waals surface area contributed by atoms with Crippen molar-refractivity contribution in [2.45, 2.75) is 13.3 Å². The van der Waals surface area contributed by atoms with E-state index in [1.807, 2.05) is 6.07 Å². The number of halogens is 1. The molecule has 70 valence electrons. The van der Waals surface area contributed by atoms with Crippen LogP contribution in [0, 0.1) is 0 Å². The summed E-state index contributed by atoms with van der Waals surface area (Å²) in [6.07, 6.45) is 2.61. The van der Waals surface area contributed by atoms with E-state index in [4.69, 9.17) is 0 Å². The maximum absolute atomic E-state index is 4.64. The van der Waals surface area contributed by atoms with Crippen LogP contribution in [-0.4, -0.2) is 13.4 Å². The molecule has 0 spiro atoms. The van der Waals surface area contributed by atoms with Crippen molar-refractivity contribution in [3.05, 3.63) is 35.9 Å². The fourth-order valence-corrected chi connectivity index (χ4v) is 0.714. The number of benzene rings is 1. The fourth-order valence-electron chi connectivity index (χ4n) is 0.714. The summed E-state index contributed by atoms with van der Waals surface area (Å²) in [5.41, 5.74) is 5.91. The molecule has 0 fully saturated rings. The average Bonchev–Trinajstić information content (AvgIpc) is 2.25. The maximum Gasteiger partial charge on any atom is 0.0108 e. The largest absolute Gasteiger partial charge is 0.333 e. The van der Waals surface area contributed by atoms with Gasteiger partial charge in [0, 0.05) is 6.38 Å². The number of hydrogen-bond acceptors (Lipinski definition) is 1. The van der Waals surface area contributed by atoms with Crippen molar-refractivity contribution in [1.29, 1.82) is 0 Å². The minimum absolute atomic E-state index is 1.14. The van der Waals surface area contributed by atoms with Crippen LogP contribution < -0.4 is 5.73 Å². The molecule has 1 aromatic rings. The molecule has 1 rings (SSSR count). The van der Waals surface area contributed by atoms with Gasteiger partial charge in [-0.2, -0.15) is 0 Å². The normalized spacial score (nSPS) is 7.08. The summed E-state index contributed by atoms with van der Waals surface area (Å²) >= 11 is 4.64. The van der Waals surface area contributed by atoms with Gasteiger partial charge in [-0.25, -0.2) is 0 Å². The Kier molecular flexibility index (Phi) is 15.3. The highest BCUT2D eigenvalue weighted by molar-refractivity contribution is 6.15. The first-order valence-electron chi connectivity index (χ1n) is 3.93. The Balaban J connectivity index is 0. The summed E-state index contributed by atoms with van der Waals surface area (Å²) in [5, 5.41) is 0. The van der Waals surface area contributed by atoms with Crippen LogP contribution in [0.2, 0.25) is 0 Å². The minimum atomic E-state index is 1.14. The molecule has 0 unspecified atom stereocenters. The number of rotatable bonds is 1. The topological polar surface area (TPSA) is 26.0 Å². The second kappa shape index (κ2) is 13.1. The van der Waals surface area contributed by atoms with E-state index in [9.17, 15) is 0 Å². The quantitative estimate of drug-likeness (QED) is 0.673. The van der Waals surface area contributed by atoms with Crippen LogP contribution in [0.3, 0.4) is 0 Å². The molecule has 0 aliphatic heterocycles. The van der Waals surface area contributed by atoms with Crippen molar-refractivity contribution < 1.29 is 0 Å². The van der Waals surface area contributed by atoms with Gasteiger partial charge in [0.05, 0.1) is 0 Å². The molecular weight excluding hydrogens is 170 g/mol. The maximum atomic E-state index is 4.64. The molecule has 0 amide bonds. The molecule has 0 bridgehead atoms. The van der Waals surface area contributed by atoms with Crippen molar-refractivity contribution in [1.82, 2.24) is 0 Å². The lowest BCUT2D eigenvalue weighted by Gasteiger charge is -1.89. The van der Waals surface area contributed by atoms with E-state index < -0.39 is 0 Å². The molecular formula is C10H18ClN. The zero-order valence-corrected chi connectivity index (χ0v) is 8.81. The SMILES string of the molecule is CCc1ccccc1.CCl.CN. The molecule has 0 heterocycles. The number of hydrogen-bond donors (Lipinski definition) is 1. The second-order valence-corrected chi connectivity index (χ2v) is 1.84. The number of alkyl halides is 1. The Hall–Kier alpha value is -0.530. The highest BCUT2D eigenvalue weighted by atomic mass is 35.5. The third-order valence-corrected chi connectivity index (χ3v) is 1.25. The molecule has 12 heavy (non-hydrogen) atoms. The lowest BCUT2D eigenvalue weighted by Crippen LogP contribution is -1.73. The Bertz CT molecular complexity index is 151. The third-order valence-electron chi connectivity index (χ3n) is 1.25. The van der Waals surface area contributed by atoms with Crippen LogP contribution in [-0.2, 0) is 6.42 Å². The van der Waals surface area contributed by atoms with E-state index in [2.05, 4.69) is 48.5 Å². The van der Waals surface area contributed by atoms with Crippen molar-refractivity contribution in [2.24, 2.45) is 5.73 Å². The molecule has 0 saturated carbocycles. The van der Waals surface area contributed by atoms with E-state index >= 15 is 0 Å². The Morgan fingerprint density at radius 3 is 1.75 bits per heavy atom. The predicted molar refractivity (Wildman–Crippen MR) is 57.7 cm³/mol. The Morgan fingerprint density at radius 1 is 1.08 bits per heavy atom. The molecule has 1 nitrogen and oxygen atoms in total. The summed E-state index contributed by atoms with van der Waals surface area (Å²) in [5.74, 6) is 0. The predicted octanol–water partition coefficient (Wildman–Crippen LogP) is 2.68. The van der Waals surface area contributed by atoms with Crippen LogP contribution >= 0.6 is 11.6 Å². The fraction of sp³-hybridized carbons (Fsp3) is 0.400. The molecule has 0 atom stereocenters. The van der Waals surface area contributed by atoms with Crippen LogP contribution in [0.25, 0.3) is 0 Å². The Labute approximate surface area is 80.5 Å². The van der Waals surface area contributed by atoms with Gasteiger partial charge in [-0.3, -0.25) is 0 Å². The van der Waals surface area contributed by atoms with Gasteiger partial charge in [0.15, 0.2) is 0 Å². The smallest absolute Gasteiger partial charge is 0.0108 e. The summed E-state index contributed by atoms with van der Waals surface area (Å²) < 4.78 is 0. The first kappa shape index (κ1) is 14.0. The minimum Gasteiger partial charge on any atom is -0.333 e. The highest BCUT2D eigenvalue weighted by Gasteiger charge is 1.79. The molecule has 2 heteroatoms. The summed E-state index contributed by atoms with van der Waals surface area (Å²) in [6, 6.07) is 10.5. The molecule has 0 aliphatic rings. The first-order valence-corrected chi connectivity index (χ1v) is 4.68. The van der Waals surface area contributed by atoms with Crippen molar-refractivity contribution in [3.8, 4) is 0 Å². The zero-order chi connectivity index (χ0) is 9.82. The van der Waals surface area contributed by atoms with E-state index in [1.165, 1.54) is 19.0 Å². The van der Waals surface area contributed by atoms with Crippen molar-refractivity contribution >= 4 is 11.6 Å². The monoisotopic (exact) mass is 187 g/mol. The van der Waals surface area contributed by atoms with Gasteiger partial charge in [-0.1, -0.05) is 37.3 Å². The van der Waals surface area contributed by atoms with Gasteiger partial charge in [0.2, 0.25) is 0 Å².